The quantitative estimate of drug-likeness (QED) is 0.810. The molecule has 1 aromatic rings. The smallest absolute Gasteiger partial charge is 0.326 e. The van der Waals surface area contributed by atoms with Crippen molar-refractivity contribution in [1.29, 1.82) is 0 Å². The molecule has 0 aromatic carbocycles. The number of hydrogen-bond donors (Lipinski definition) is 2. The van der Waals surface area contributed by atoms with E-state index in [2.05, 4.69) is 15.5 Å². The van der Waals surface area contributed by atoms with Gasteiger partial charge in [-0.25, -0.2) is 4.79 Å². The number of carboxylic acids is 1. The molecule has 0 aliphatic heterocycles. The number of aliphatic carboxylic acids is 1. The first kappa shape index (κ1) is 15.9. The van der Waals surface area contributed by atoms with E-state index in [0.717, 1.165) is 0 Å². The maximum atomic E-state index is 11.6. The lowest BCUT2D eigenvalue weighted by atomic mass is 10.0. The first-order chi connectivity index (χ1) is 9.31. The third-order valence-corrected chi connectivity index (χ3v) is 2.62. The average Bonchev–Trinajstić information content (AvgIpc) is 2.37. The van der Waals surface area contributed by atoms with E-state index < -0.39 is 12.0 Å². The Morgan fingerprint density at radius 1 is 1.30 bits per heavy atom. The number of carbonyl (C=O) groups is 2. The molecule has 2 N–H and O–H groups in total. The monoisotopic (exact) mass is 280 g/mol. The molecular formula is C13H20N4O3. The SMILES string of the molecule is CC(C)CC(Nc1ccc(C(=O)N(C)C)nn1)C(=O)O. The molecule has 20 heavy (non-hydrogen) atoms. The van der Waals surface area contributed by atoms with Gasteiger partial charge >= 0.3 is 5.97 Å². The Bertz CT molecular complexity index is 471. The summed E-state index contributed by atoms with van der Waals surface area (Å²) in [6.45, 7) is 3.89. The topological polar surface area (TPSA) is 95.4 Å². The highest BCUT2D eigenvalue weighted by Crippen LogP contribution is 2.11. The molecule has 0 fully saturated rings. The summed E-state index contributed by atoms with van der Waals surface area (Å²) in [4.78, 5) is 24.2. The number of aromatic nitrogens is 2. The van der Waals surface area contributed by atoms with Crippen molar-refractivity contribution in [3.8, 4) is 0 Å². The van der Waals surface area contributed by atoms with Gasteiger partial charge in [-0.05, 0) is 24.5 Å². The predicted molar refractivity (Wildman–Crippen MR) is 74.6 cm³/mol. The minimum absolute atomic E-state index is 0.219. The lowest BCUT2D eigenvalue weighted by Gasteiger charge is -2.16. The molecule has 1 amide bonds. The zero-order valence-electron chi connectivity index (χ0n) is 12.1. The minimum atomic E-state index is -0.936. The van der Waals surface area contributed by atoms with Crippen LogP contribution in [0.25, 0.3) is 0 Å². The third kappa shape index (κ3) is 4.49. The van der Waals surface area contributed by atoms with Gasteiger partial charge in [0.05, 0.1) is 0 Å². The molecule has 0 spiro atoms. The van der Waals surface area contributed by atoms with Crippen molar-refractivity contribution in [2.75, 3.05) is 19.4 Å². The number of carbonyl (C=O) groups excluding carboxylic acids is 1. The predicted octanol–water partition coefficient (Wildman–Crippen LogP) is 1.09. The molecule has 1 unspecified atom stereocenters. The van der Waals surface area contributed by atoms with Crippen molar-refractivity contribution in [1.82, 2.24) is 15.1 Å². The highest BCUT2D eigenvalue weighted by atomic mass is 16.4. The van der Waals surface area contributed by atoms with Crippen LogP contribution in [0, 0.1) is 5.92 Å². The van der Waals surface area contributed by atoms with Gasteiger partial charge in [0.2, 0.25) is 0 Å². The second-order valence-corrected chi connectivity index (χ2v) is 5.17. The molecule has 7 nitrogen and oxygen atoms in total. The van der Waals surface area contributed by atoms with Gasteiger partial charge < -0.3 is 15.3 Å². The number of nitrogens with one attached hydrogen (secondary N) is 1. The first-order valence-corrected chi connectivity index (χ1v) is 6.36. The largest absolute Gasteiger partial charge is 0.480 e. The van der Waals surface area contributed by atoms with Gasteiger partial charge in [-0.15, -0.1) is 10.2 Å². The Balaban J connectivity index is 2.77. The lowest BCUT2D eigenvalue weighted by molar-refractivity contribution is -0.138. The van der Waals surface area contributed by atoms with Crippen LogP contribution in [0.2, 0.25) is 0 Å². The van der Waals surface area contributed by atoms with Crippen LogP contribution < -0.4 is 5.32 Å². The normalized spacial score (nSPS) is 12.1. The summed E-state index contributed by atoms with van der Waals surface area (Å²) in [5.41, 5.74) is 0.219. The molecule has 0 radical (unpaired) electrons. The number of amides is 1. The molecule has 0 aliphatic carbocycles. The number of nitrogens with zero attached hydrogens (tertiary/aromatic N) is 3. The van der Waals surface area contributed by atoms with Crippen LogP contribution in [0.1, 0.15) is 30.8 Å². The van der Waals surface area contributed by atoms with Crippen LogP contribution in [0.15, 0.2) is 12.1 Å². The zero-order valence-corrected chi connectivity index (χ0v) is 12.1. The average molecular weight is 280 g/mol. The van der Waals surface area contributed by atoms with E-state index in [0.29, 0.717) is 12.2 Å². The van der Waals surface area contributed by atoms with Gasteiger partial charge in [0.1, 0.15) is 11.9 Å². The van der Waals surface area contributed by atoms with Crippen LogP contribution in [0.3, 0.4) is 0 Å². The second-order valence-electron chi connectivity index (χ2n) is 5.17. The summed E-state index contributed by atoms with van der Waals surface area (Å²) >= 11 is 0. The summed E-state index contributed by atoms with van der Waals surface area (Å²) in [6, 6.07) is 2.35. The van der Waals surface area contributed by atoms with E-state index in [9.17, 15) is 9.59 Å². The Morgan fingerprint density at radius 2 is 1.95 bits per heavy atom. The lowest BCUT2D eigenvalue weighted by Crippen LogP contribution is -2.31. The molecule has 0 aliphatic rings. The second kappa shape index (κ2) is 6.83. The van der Waals surface area contributed by atoms with Crippen molar-refractivity contribution < 1.29 is 14.7 Å². The van der Waals surface area contributed by atoms with Crippen molar-refractivity contribution in [3.63, 3.8) is 0 Å². The fourth-order valence-electron chi connectivity index (χ4n) is 1.62. The summed E-state index contributed by atoms with van der Waals surface area (Å²) in [6.07, 6.45) is 0.482. The zero-order chi connectivity index (χ0) is 15.3. The fraction of sp³-hybridized carbons (Fsp3) is 0.538. The van der Waals surface area contributed by atoms with E-state index >= 15 is 0 Å². The number of hydrogen-bond acceptors (Lipinski definition) is 5. The summed E-state index contributed by atoms with van der Waals surface area (Å²) in [7, 11) is 3.25. The molecule has 0 saturated heterocycles. The third-order valence-electron chi connectivity index (χ3n) is 2.62. The van der Waals surface area contributed by atoms with Crippen molar-refractivity contribution >= 4 is 17.7 Å². The molecule has 0 bridgehead atoms. The van der Waals surface area contributed by atoms with Gasteiger partial charge in [0, 0.05) is 14.1 Å². The highest BCUT2D eigenvalue weighted by Gasteiger charge is 2.19. The molecule has 1 aromatic heterocycles. The Hall–Kier alpha value is -2.18. The highest BCUT2D eigenvalue weighted by molar-refractivity contribution is 5.91. The van der Waals surface area contributed by atoms with Gasteiger partial charge in [-0.2, -0.15) is 0 Å². The first-order valence-electron chi connectivity index (χ1n) is 6.36. The fourth-order valence-corrected chi connectivity index (χ4v) is 1.62. The molecule has 7 heteroatoms. The summed E-state index contributed by atoms with van der Waals surface area (Å²) < 4.78 is 0. The standard InChI is InChI=1S/C13H20N4O3/c1-8(2)7-10(13(19)20)14-11-6-5-9(15-16-11)12(18)17(3)4/h5-6,8,10H,7H2,1-4H3,(H,14,16)(H,19,20). The Morgan fingerprint density at radius 3 is 2.35 bits per heavy atom. The van der Waals surface area contributed by atoms with E-state index in [1.165, 1.54) is 11.0 Å². The van der Waals surface area contributed by atoms with Crippen molar-refractivity contribution in [2.24, 2.45) is 5.92 Å². The van der Waals surface area contributed by atoms with Gasteiger partial charge in [-0.3, -0.25) is 4.79 Å². The summed E-state index contributed by atoms with van der Waals surface area (Å²) in [5, 5.41) is 19.6. The number of anilines is 1. The Kier molecular flexibility index (Phi) is 5.42. The molecule has 0 saturated carbocycles. The maximum Gasteiger partial charge on any atom is 0.326 e. The van der Waals surface area contributed by atoms with Gasteiger partial charge in [0.25, 0.3) is 5.91 Å². The van der Waals surface area contributed by atoms with Crippen LogP contribution in [0.4, 0.5) is 5.82 Å². The van der Waals surface area contributed by atoms with Crippen LogP contribution in [-0.2, 0) is 4.79 Å². The molecular weight excluding hydrogens is 260 g/mol. The molecule has 1 heterocycles. The van der Waals surface area contributed by atoms with E-state index in [1.807, 2.05) is 13.8 Å². The minimum Gasteiger partial charge on any atom is -0.480 e. The number of carboxylic acid groups (broad SMARTS) is 1. The van der Waals surface area contributed by atoms with Crippen LogP contribution >= 0.6 is 0 Å². The van der Waals surface area contributed by atoms with Crippen molar-refractivity contribution in [3.05, 3.63) is 17.8 Å². The maximum absolute atomic E-state index is 11.6. The van der Waals surface area contributed by atoms with Gasteiger partial charge in [0.15, 0.2) is 5.69 Å². The summed E-state index contributed by atoms with van der Waals surface area (Å²) in [5.74, 6) is -0.602. The molecule has 1 atom stereocenters. The number of rotatable bonds is 6. The molecule has 110 valence electrons. The van der Waals surface area contributed by atoms with E-state index in [4.69, 9.17) is 5.11 Å². The Labute approximate surface area is 118 Å². The van der Waals surface area contributed by atoms with Gasteiger partial charge in [-0.1, -0.05) is 13.8 Å². The molecule has 1 rings (SSSR count). The van der Waals surface area contributed by atoms with E-state index in [-0.39, 0.29) is 17.5 Å². The van der Waals surface area contributed by atoms with Crippen molar-refractivity contribution in [2.45, 2.75) is 26.3 Å². The van der Waals surface area contributed by atoms with Crippen LogP contribution in [0.5, 0.6) is 0 Å². The van der Waals surface area contributed by atoms with Crippen LogP contribution in [-0.4, -0.2) is 52.2 Å². The van der Waals surface area contributed by atoms with E-state index in [1.54, 1.807) is 20.2 Å².